The van der Waals surface area contributed by atoms with Crippen molar-refractivity contribution in [1.29, 1.82) is 0 Å². The van der Waals surface area contributed by atoms with Crippen LogP contribution in [-0.2, 0) is 6.54 Å². The van der Waals surface area contributed by atoms with E-state index in [0.717, 1.165) is 43.3 Å². The van der Waals surface area contributed by atoms with Gasteiger partial charge in [0.05, 0.1) is 11.6 Å². The molecule has 1 aromatic heterocycles. The molecule has 1 aromatic carbocycles. The molecule has 2 aromatic rings. The molecule has 0 atom stereocenters. The molecule has 0 unspecified atom stereocenters. The first kappa shape index (κ1) is 23.6. The van der Waals surface area contributed by atoms with E-state index in [9.17, 15) is 0 Å². The molecule has 0 amide bonds. The highest BCUT2D eigenvalue weighted by Gasteiger charge is 2.09. The molecule has 0 aliphatic heterocycles. The molecule has 0 saturated heterocycles. The average Bonchev–Trinajstić information content (AvgIpc) is 2.96. The zero-order chi connectivity index (χ0) is 15.9. The number of halogens is 4. The van der Waals surface area contributed by atoms with Gasteiger partial charge in [-0.2, -0.15) is 0 Å². The SMILES string of the molecule is CCN(CC)CCNCc1ccc(-c2ccc(Cl)cc2Cl)o1.Cl.Cl. The van der Waals surface area contributed by atoms with Gasteiger partial charge >= 0.3 is 0 Å². The second-order valence-electron chi connectivity index (χ2n) is 5.09. The standard InChI is InChI=1S/C17H22Cl2N2O.2ClH/c1-3-21(4-2)10-9-20-12-14-6-8-17(22-14)15-7-5-13(18)11-16(15)19;;/h5-8,11,20H,3-4,9-10,12H2,1-2H3;2*1H. The van der Waals surface area contributed by atoms with Gasteiger partial charge in [0.25, 0.3) is 0 Å². The largest absolute Gasteiger partial charge is 0.460 e. The summed E-state index contributed by atoms with van der Waals surface area (Å²) in [5, 5.41) is 4.62. The van der Waals surface area contributed by atoms with Crippen molar-refractivity contribution in [3.8, 4) is 11.3 Å². The molecule has 0 saturated carbocycles. The topological polar surface area (TPSA) is 28.4 Å². The number of rotatable bonds is 8. The Morgan fingerprint density at radius 2 is 1.75 bits per heavy atom. The molecule has 0 fully saturated rings. The molecule has 136 valence electrons. The summed E-state index contributed by atoms with van der Waals surface area (Å²) in [5.41, 5.74) is 0.862. The lowest BCUT2D eigenvalue weighted by molar-refractivity contribution is 0.300. The van der Waals surface area contributed by atoms with E-state index in [0.29, 0.717) is 16.6 Å². The Labute approximate surface area is 166 Å². The van der Waals surface area contributed by atoms with E-state index in [1.54, 1.807) is 6.07 Å². The van der Waals surface area contributed by atoms with Crippen molar-refractivity contribution >= 4 is 48.0 Å². The molecule has 1 heterocycles. The minimum Gasteiger partial charge on any atom is -0.460 e. The summed E-state index contributed by atoms with van der Waals surface area (Å²) in [7, 11) is 0. The van der Waals surface area contributed by atoms with Gasteiger partial charge in [-0.05, 0) is 43.4 Å². The van der Waals surface area contributed by atoms with Gasteiger partial charge in [-0.1, -0.05) is 37.0 Å². The van der Waals surface area contributed by atoms with Gasteiger partial charge in [-0.3, -0.25) is 0 Å². The first-order valence-electron chi connectivity index (χ1n) is 7.61. The van der Waals surface area contributed by atoms with Gasteiger partial charge in [-0.25, -0.2) is 0 Å². The van der Waals surface area contributed by atoms with Crippen LogP contribution in [0.3, 0.4) is 0 Å². The van der Waals surface area contributed by atoms with Crippen LogP contribution in [0.15, 0.2) is 34.7 Å². The first-order valence-corrected chi connectivity index (χ1v) is 8.36. The number of nitrogens with zero attached hydrogens (tertiary/aromatic N) is 1. The van der Waals surface area contributed by atoms with Crippen LogP contribution in [0.25, 0.3) is 11.3 Å². The van der Waals surface area contributed by atoms with Crippen LogP contribution in [-0.4, -0.2) is 31.1 Å². The van der Waals surface area contributed by atoms with Crippen LogP contribution < -0.4 is 5.32 Å². The molecule has 0 radical (unpaired) electrons. The van der Waals surface area contributed by atoms with Crippen molar-refractivity contribution in [2.45, 2.75) is 20.4 Å². The maximum atomic E-state index is 6.20. The smallest absolute Gasteiger partial charge is 0.135 e. The van der Waals surface area contributed by atoms with E-state index in [1.807, 2.05) is 24.3 Å². The highest BCUT2D eigenvalue weighted by atomic mass is 35.5. The molecular formula is C17H24Cl4N2O. The third kappa shape index (κ3) is 6.83. The van der Waals surface area contributed by atoms with Crippen molar-refractivity contribution in [3.05, 3.63) is 46.1 Å². The van der Waals surface area contributed by atoms with Crippen molar-refractivity contribution < 1.29 is 4.42 Å². The van der Waals surface area contributed by atoms with Crippen LogP contribution in [0, 0.1) is 0 Å². The van der Waals surface area contributed by atoms with Crippen LogP contribution in [0.1, 0.15) is 19.6 Å². The molecule has 0 bridgehead atoms. The van der Waals surface area contributed by atoms with Crippen molar-refractivity contribution in [3.63, 3.8) is 0 Å². The van der Waals surface area contributed by atoms with Gasteiger partial charge in [0.15, 0.2) is 0 Å². The maximum Gasteiger partial charge on any atom is 0.135 e. The summed E-state index contributed by atoms with van der Waals surface area (Å²) < 4.78 is 5.85. The molecule has 0 aliphatic carbocycles. The lowest BCUT2D eigenvalue weighted by atomic mass is 10.2. The number of furan rings is 1. The highest BCUT2D eigenvalue weighted by Crippen LogP contribution is 2.31. The van der Waals surface area contributed by atoms with Crippen LogP contribution in [0.5, 0.6) is 0 Å². The van der Waals surface area contributed by atoms with Crippen LogP contribution in [0.2, 0.25) is 10.0 Å². The molecule has 24 heavy (non-hydrogen) atoms. The lowest BCUT2D eigenvalue weighted by Crippen LogP contribution is -2.31. The van der Waals surface area contributed by atoms with Crippen molar-refractivity contribution in [2.75, 3.05) is 26.2 Å². The first-order chi connectivity index (χ1) is 10.6. The average molecular weight is 414 g/mol. The molecule has 3 nitrogen and oxygen atoms in total. The molecule has 7 heteroatoms. The number of hydrogen-bond acceptors (Lipinski definition) is 3. The Morgan fingerprint density at radius 3 is 2.38 bits per heavy atom. The van der Waals surface area contributed by atoms with Gasteiger partial charge in [-0.15, -0.1) is 24.8 Å². The zero-order valence-corrected chi connectivity index (χ0v) is 17.0. The predicted octanol–water partition coefficient (Wildman–Crippen LogP) is 5.53. The van der Waals surface area contributed by atoms with E-state index in [2.05, 4.69) is 24.1 Å². The summed E-state index contributed by atoms with van der Waals surface area (Å²) in [6.07, 6.45) is 0. The Bertz CT molecular complexity index is 600. The Balaban J connectivity index is 0.00000264. The third-order valence-corrected chi connectivity index (χ3v) is 4.20. The Kier molecular flexibility index (Phi) is 11.8. The fraction of sp³-hybridized carbons (Fsp3) is 0.412. The fourth-order valence-electron chi connectivity index (χ4n) is 2.30. The number of likely N-dealkylation sites (N-methyl/N-ethyl adjacent to an activating group) is 1. The van der Waals surface area contributed by atoms with E-state index >= 15 is 0 Å². The minimum atomic E-state index is 0. The molecular weight excluding hydrogens is 390 g/mol. The number of hydrogen-bond donors (Lipinski definition) is 1. The zero-order valence-electron chi connectivity index (χ0n) is 13.9. The fourth-order valence-corrected chi connectivity index (χ4v) is 2.80. The summed E-state index contributed by atoms with van der Waals surface area (Å²) in [4.78, 5) is 2.38. The van der Waals surface area contributed by atoms with Crippen LogP contribution in [0.4, 0.5) is 0 Å². The van der Waals surface area contributed by atoms with E-state index in [-0.39, 0.29) is 24.8 Å². The van der Waals surface area contributed by atoms with E-state index < -0.39 is 0 Å². The Hall–Kier alpha value is -0.420. The molecule has 0 spiro atoms. The monoisotopic (exact) mass is 412 g/mol. The van der Waals surface area contributed by atoms with Crippen LogP contribution >= 0.6 is 48.0 Å². The van der Waals surface area contributed by atoms with E-state index in [4.69, 9.17) is 27.6 Å². The van der Waals surface area contributed by atoms with Crippen molar-refractivity contribution in [1.82, 2.24) is 10.2 Å². The lowest BCUT2D eigenvalue weighted by Gasteiger charge is -2.17. The van der Waals surface area contributed by atoms with Gasteiger partial charge in [0, 0.05) is 23.7 Å². The second kappa shape index (κ2) is 12.0. The summed E-state index contributed by atoms with van der Waals surface area (Å²) in [6.45, 7) is 9.22. The van der Waals surface area contributed by atoms with Gasteiger partial charge in [0.1, 0.15) is 11.5 Å². The minimum absolute atomic E-state index is 0. The van der Waals surface area contributed by atoms with E-state index in [1.165, 1.54) is 0 Å². The normalized spacial score (nSPS) is 10.4. The van der Waals surface area contributed by atoms with Gasteiger partial charge < -0.3 is 14.6 Å². The number of benzene rings is 1. The molecule has 1 N–H and O–H groups in total. The number of nitrogens with one attached hydrogen (secondary N) is 1. The molecule has 2 rings (SSSR count). The highest BCUT2D eigenvalue weighted by molar-refractivity contribution is 6.36. The quantitative estimate of drug-likeness (QED) is 0.576. The Morgan fingerprint density at radius 1 is 1.04 bits per heavy atom. The summed E-state index contributed by atoms with van der Waals surface area (Å²) >= 11 is 12.1. The van der Waals surface area contributed by atoms with Crippen molar-refractivity contribution in [2.24, 2.45) is 0 Å². The van der Waals surface area contributed by atoms with Gasteiger partial charge in [0.2, 0.25) is 0 Å². The molecule has 0 aliphatic rings. The summed E-state index contributed by atoms with van der Waals surface area (Å²) in [6, 6.07) is 9.33. The summed E-state index contributed by atoms with van der Waals surface area (Å²) in [5.74, 6) is 1.67. The predicted molar refractivity (Wildman–Crippen MR) is 108 cm³/mol. The maximum absolute atomic E-state index is 6.20. The third-order valence-electron chi connectivity index (χ3n) is 3.66. The second-order valence-corrected chi connectivity index (χ2v) is 5.94.